The van der Waals surface area contributed by atoms with E-state index in [0.717, 1.165) is 0 Å². The molecule has 58 valence electrons. The van der Waals surface area contributed by atoms with Crippen LogP contribution in [0, 0.1) is 0 Å². The van der Waals surface area contributed by atoms with Gasteiger partial charge in [-0.15, -0.1) is 0 Å². The smallest absolute Gasteiger partial charge is 0.129 e. The van der Waals surface area contributed by atoms with Gasteiger partial charge < -0.3 is 5.32 Å². The highest BCUT2D eigenvalue weighted by Gasteiger charge is 2.16. The molecule has 1 N–H and O–H groups in total. The fourth-order valence-corrected chi connectivity index (χ4v) is 0.382. The molecule has 0 aromatic heterocycles. The third kappa shape index (κ3) is 3.28. The number of nitrogens with one attached hydrogen (secondary N) is 1. The van der Waals surface area contributed by atoms with Crippen LogP contribution in [0.3, 0.4) is 0 Å². The Morgan fingerprint density at radius 3 is 2.40 bits per heavy atom. The van der Waals surface area contributed by atoms with Crippen molar-refractivity contribution in [2.24, 2.45) is 0 Å². The molecule has 0 radical (unpaired) electrons. The molecule has 0 aromatic carbocycles. The number of rotatable bonds is 3. The lowest BCUT2D eigenvalue weighted by Gasteiger charge is -2.13. The maximum absolute atomic E-state index is 12.9. The largest absolute Gasteiger partial charge is 0.394 e. The van der Waals surface area contributed by atoms with Crippen LogP contribution < -0.4 is 5.32 Å². The maximum Gasteiger partial charge on any atom is 0.129 e. The molecule has 10 heavy (non-hydrogen) atoms. The molecule has 0 saturated carbocycles. The van der Waals surface area contributed by atoms with Crippen LogP contribution in [-0.4, -0.2) is 12.7 Å². The zero-order chi connectivity index (χ0) is 8.20. The molecule has 0 aliphatic rings. The molecule has 0 aliphatic carbocycles. The topological polar surface area (TPSA) is 12.0 Å². The van der Waals surface area contributed by atoms with E-state index < -0.39 is 5.67 Å². The van der Waals surface area contributed by atoms with Crippen molar-refractivity contribution in [1.29, 1.82) is 0 Å². The van der Waals surface area contributed by atoms with Crippen LogP contribution in [0.4, 0.5) is 4.39 Å². The van der Waals surface area contributed by atoms with E-state index in [1.54, 1.807) is 19.3 Å². The van der Waals surface area contributed by atoms with Gasteiger partial charge in [0.05, 0.1) is 0 Å². The highest BCUT2D eigenvalue weighted by atomic mass is 19.1. The Hall–Kier alpha value is -0.790. The van der Waals surface area contributed by atoms with Crippen molar-refractivity contribution in [3.05, 3.63) is 24.4 Å². The second-order valence-corrected chi connectivity index (χ2v) is 2.62. The predicted octanol–water partition coefficient (Wildman–Crippen LogP) is 2.02. The van der Waals surface area contributed by atoms with E-state index >= 15 is 0 Å². The van der Waals surface area contributed by atoms with E-state index in [1.807, 2.05) is 0 Å². The quantitative estimate of drug-likeness (QED) is 0.596. The Bertz CT molecular complexity index is 142. The average Bonchev–Trinajstić information content (AvgIpc) is 1.80. The van der Waals surface area contributed by atoms with E-state index in [-0.39, 0.29) is 0 Å². The molecular weight excluding hydrogens is 129 g/mol. The summed E-state index contributed by atoms with van der Waals surface area (Å²) in [6.07, 6.45) is 3.28. The van der Waals surface area contributed by atoms with Crippen LogP contribution in [0.1, 0.15) is 13.8 Å². The molecular formula is C8H14FN. The normalized spacial score (nSPS) is 12.0. The minimum atomic E-state index is -1.31. The number of alkyl halides is 1. The van der Waals surface area contributed by atoms with Crippen molar-refractivity contribution < 1.29 is 4.39 Å². The molecule has 0 bridgehead atoms. The minimum Gasteiger partial charge on any atom is -0.394 e. The van der Waals surface area contributed by atoms with Gasteiger partial charge in [-0.3, -0.25) is 0 Å². The second kappa shape index (κ2) is 3.40. The van der Waals surface area contributed by atoms with Crippen molar-refractivity contribution in [2.75, 3.05) is 7.05 Å². The van der Waals surface area contributed by atoms with E-state index in [0.29, 0.717) is 5.57 Å². The summed E-state index contributed by atoms with van der Waals surface area (Å²) in [7, 11) is 1.76. The molecule has 2 heteroatoms. The molecule has 0 aliphatic heterocycles. The summed E-state index contributed by atoms with van der Waals surface area (Å²) < 4.78 is 12.9. The fraction of sp³-hybridized carbons (Fsp3) is 0.500. The maximum atomic E-state index is 12.9. The van der Waals surface area contributed by atoms with E-state index in [9.17, 15) is 4.39 Å². The molecule has 0 spiro atoms. The molecule has 0 atom stereocenters. The van der Waals surface area contributed by atoms with Crippen LogP contribution in [0.2, 0.25) is 0 Å². The Morgan fingerprint density at radius 1 is 1.60 bits per heavy atom. The molecule has 0 aromatic rings. The van der Waals surface area contributed by atoms with E-state index in [1.165, 1.54) is 13.8 Å². The summed E-state index contributed by atoms with van der Waals surface area (Å²) in [6, 6.07) is 0. The Balaban J connectivity index is 3.98. The lowest BCUT2D eigenvalue weighted by atomic mass is 10.0. The van der Waals surface area contributed by atoms with Gasteiger partial charge in [0.25, 0.3) is 0 Å². The van der Waals surface area contributed by atoms with Crippen molar-refractivity contribution in [2.45, 2.75) is 19.5 Å². The highest BCUT2D eigenvalue weighted by molar-refractivity contribution is 5.22. The summed E-state index contributed by atoms with van der Waals surface area (Å²) in [4.78, 5) is 0. The molecule has 0 unspecified atom stereocenters. The third-order valence-corrected chi connectivity index (χ3v) is 1.21. The molecule has 0 heterocycles. The van der Waals surface area contributed by atoms with Crippen molar-refractivity contribution in [3.63, 3.8) is 0 Å². The lowest BCUT2D eigenvalue weighted by Crippen LogP contribution is -2.13. The summed E-state index contributed by atoms with van der Waals surface area (Å²) in [5.41, 5.74) is -0.838. The molecule has 0 amide bonds. The van der Waals surface area contributed by atoms with E-state index in [2.05, 4.69) is 11.9 Å². The Kier molecular flexibility index (Phi) is 3.13. The first-order valence-corrected chi connectivity index (χ1v) is 3.20. The third-order valence-electron chi connectivity index (χ3n) is 1.21. The van der Waals surface area contributed by atoms with Crippen LogP contribution >= 0.6 is 0 Å². The van der Waals surface area contributed by atoms with Crippen LogP contribution in [0.15, 0.2) is 24.4 Å². The number of hydrogen-bond acceptors (Lipinski definition) is 1. The number of halogens is 1. The van der Waals surface area contributed by atoms with Gasteiger partial charge in [-0.1, -0.05) is 6.58 Å². The lowest BCUT2D eigenvalue weighted by molar-refractivity contribution is 0.275. The van der Waals surface area contributed by atoms with Gasteiger partial charge in [-0.2, -0.15) is 0 Å². The van der Waals surface area contributed by atoms with Gasteiger partial charge in [0.15, 0.2) is 0 Å². The monoisotopic (exact) mass is 143 g/mol. The zero-order valence-electron chi connectivity index (χ0n) is 6.74. The van der Waals surface area contributed by atoms with Crippen molar-refractivity contribution in [1.82, 2.24) is 5.32 Å². The SMILES string of the molecule is C=C(/C=C\NC)C(C)(C)F. The predicted molar refractivity (Wildman–Crippen MR) is 42.5 cm³/mol. The standard InChI is InChI=1S/C8H14FN/c1-7(5-6-10-4)8(2,3)9/h5-6,10H,1H2,2-4H3/b6-5-. The van der Waals surface area contributed by atoms with Gasteiger partial charge >= 0.3 is 0 Å². The van der Waals surface area contributed by atoms with Gasteiger partial charge in [-0.05, 0) is 31.7 Å². The first-order valence-electron chi connectivity index (χ1n) is 3.20. The Labute approximate surface area is 61.6 Å². The molecule has 1 nitrogen and oxygen atoms in total. The highest BCUT2D eigenvalue weighted by Crippen LogP contribution is 2.18. The minimum absolute atomic E-state index is 0.474. The van der Waals surface area contributed by atoms with Crippen LogP contribution in [-0.2, 0) is 0 Å². The van der Waals surface area contributed by atoms with Crippen molar-refractivity contribution in [3.8, 4) is 0 Å². The average molecular weight is 143 g/mol. The number of hydrogen-bond donors (Lipinski definition) is 1. The summed E-state index contributed by atoms with van der Waals surface area (Å²) in [5.74, 6) is 0. The summed E-state index contributed by atoms with van der Waals surface area (Å²) >= 11 is 0. The van der Waals surface area contributed by atoms with Crippen molar-refractivity contribution >= 4 is 0 Å². The first kappa shape index (κ1) is 9.21. The molecule has 0 fully saturated rings. The fourth-order valence-electron chi connectivity index (χ4n) is 0.382. The first-order chi connectivity index (χ1) is 4.48. The molecule has 0 saturated heterocycles. The Morgan fingerprint density at radius 2 is 2.10 bits per heavy atom. The number of allylic oxidation sites excluding steroid dienone is 2. The van der Waals surface area contributed by atoms with Gasteiger partial charge in [-0.25, -0.2) is 4.39 Å². The van der Waals surface area contributed by atoms with Gasteiger partial charge in [0, 0.05) is 7.05 Å². The molecule has 0 rings (SSSR count). The zero-order valence-corrected chi connectivity index (χ0v) is 6.74. The van der Waals surface area contributed by atoms with Crippen LogP contribution in [0.25, 0.3) is 0 Å². The van der Waals surface area contributed by atoms with Gasteiger partial charge in [0.2, 0.25) is 0 Å². The van der Waals surface area contributed by atoms with Gasteiger partial charge in [0.1, 0.15) is 5.67 Å². The van der Waals surface area contributed by atoms with E-state index in [4.69, 9.17) is 0 Å². The van der Waals surface area contributed by atoms with Crippen LogP contribution in [0.5, 0.6) is 0 Å². The second-order valence-electron chi connectivity index (χ2n) is 2.62. The summed E-state index contributed by atoms with van der Waals surface area (Å²) in [5, 5.41) is 2.76. The summed E-state index contributed by atoms with van der Waals surface area (Å²) in [6.45, 7) is 6.52.